The van der Waals surface area contributed by atoms with Gasteiger partial charge in [0.15, 0.2) is 5.17 Å². The average Bonchev–Trinajstić information content (AvgIpc) is 2.96. The molecule has 1 fully saturated rings. The molecule has 2 aliphatic heterocycles. The highest BCUT2D eigenvalue weighted by atomic mass is 35.5. The predicted molar refractivity (Wildman–Crippen MR) is 96.8 cm³/mol. The van der Waals surface area contributed by atoms with E-state index >= 15 is 0 Å². The topological polar surface area (TPSA) is 60.9 Å². The largest absolute Gasteiger partial charge is 0.339 e. The van der Waals surface area contributed by atoms with Gasteiger partial charge >= 0.3 is 0 Å². The highest BCUT2D eigenvalue weighted by molar-refractivity contribution is 8.18. The molecule has 1 aromatic rings. The summed E-state index contributed by atoms with van der Waals surface area (Å²) in [6.07, 6.45) is 2.40. The molecular weight excluding hydrogens is 344 g/mol. The van der Waals surface area contributed by atoms with Crippen LogP contribution in [-0.4, -0.2) is 48.7 Å². The molecule has 0 atom stereocenters. The van der Waals surface area contributed by atoms with Gasteiger partial charge in [-0.25, -0.2) is 0 Å². The SMILES string of the molecule is N#CCC[NH+]1CCN(C2=NC(=O)/C(=C/c3ccccc3Cl)S2)CC1. The minimum Gasteiger partial charge on any atom is -0.339 e. The maximum Gasteiger partial charge on any atom is 0.286 e. The minimum atomic E-state index is -0.200. The summed E-state index contributed by atoms with van der Waals surface area (Å²) in [6, 6.07) is 9.65. The van der Waals surface area contributed by atoms with Crippen LogP contribution in [0.25, 0.3) is 6.08 Å². The lowest BCUT2D eigenvalue weighted by Gasteiger charge is -2.32. The van der Waals surface area contributed by atoms with Crippen LogP contribution in [0.2, 0.25) is 5.02 Å². The van der Waals surface area contributed by atoms with Crippen LogP contribution in [0.5, 0.6) is 0 Å². The molecule has 0 saturated carbocycles. The Morgan fingerprint density at radius 1 is 1.38 bits per heavy atom. The van der Waals surface area contributed by atoms with Crippen LogP contribution in [0.4, 0.5) is 0 Å². The number of nitrogens with zero attached hydrogens (tertiary/aromatic N) is 3. The van der Waals surface area contributed by atoms with Crippen molar-refractivity contribution in [2.45, 2.75) is 6.42 Å². The fourth-order valence-electron chi connectivity index (χ4n) is 2.76. The Bertz CT molecular complexity index is 732. The van der Waals surface area contributed by atoms with Crippen LogP contribution in [0.15, 0.2) is 34.2 Å². The number of hydrogen-bond acceptors (Lipinski definition) is 4. The molecule has 1 aromatic carbocycles. The molecule has 0 aromatic heterocycles. The van der Waals surface area contributed by atoms with E-state index < -0.39 is 0 Å². The molecule has 0 unspecified atom stereocenters. The summed E-state index contributed by atoms with van der Waals surface area (Å²) in [5.74, 6) is -0.200. The van der Waals surface area contributed by atoms with Crippen LogP contribution in [-0.2, 0) is 4.79 Å². The van der Waals surface area contributed by atoms with Crippen LogP contribution >= 0.6 is 23.4 Å². The molecule has 1 N–H and O–H groups in total. The summed E-state index contributed by atoms with van der Waals surface area (Å²) in [7, 11) is 0. The number of quaternary nitrogens is 1. The average molecular weight is 362 g/mol. The van der Waals surface area contributed by atoms with E-state index in [9.17, 15) is 4.79 Å². The van der Waals surface area contributed by atoms with Crippen molar-refractivity contribution in [2.75, 3.05) is 32.7 Å². The summed E-state index contributed by atoms with van der Waals surface area (Å²) < 4.78 is 0. The summed E-state index contributed by atoms with van der Waals surface area (Å²) in [5, 5.41) is 10.1. The van der Waals surface area contributed by atoms with Crippen molar-refractivity contribution >= 4 is 40.5 Å². The van der Waals surface area contributed by atoms with Crippen molar-refractivity contribution in [2.24, 2.45) is 4.99 Å². The molecule has 2 heterocycles. The molecule has 2 aliphatic rings. The van der Waals surface area contributed by atoms with E-state index in [1.165, 1.54) is 16.7 Å². The van der Waals surface area contributed by atoms with Crippen LogP contribution in [0, 0.1) is 11.3 Å². The monoisotopic (exact) mass is 361 g/mol. The van der Waals surface area contributed by atoms with E-state index in [0.717, 1.165) is 43.5 Å². The van der Waals surface area contributed by atoms with Gasteiger partial charge in [-0.05, 0) is 29.5 Å². The Morgan fingerprint density at radius 2 is 2.12 bits per heavy atom. The van der Waals surface area contributed by atoms with E-state index in [0.29, 0.717) is 16.3 Å². The molecule has 0 radical (unpaired) electrons. The van der Waals surface area contributed by atoms with Crippen molar-refractivity contribution in [1.29, 1.82) is 5.26 Å². The number of carbonyl (C=O) groups is 1. The third kappa shape index (κ3) is 3.99. The summed E-state index contributed by atoms with van der Waals surface area (Å²) in [5.41, 5.74) is 0.831. The second-order valence-corrected chi connectivity index (χ2v) is 7.14. The van der Waals surface area contributed by atoms with Crippen LogP contribution in [0.1, 0.15) is 12.0 Å². The molecule has 24 heavy (non-hydrogen) atoms. The second kappa shape index (κ2) is 7.84. The normalized spacial score (nSPS) is 20.3. The zero-order valence-electron chi connectivity index (χ0n) is 13.2. The maximum atomic E-state index is 12.2. The van der Waals surface area contributed by atoms with Crippen molar-refractivity contribution in [3.63, 3.8) is 0 Å². The number of amides is 1. The Morgan fingerprint density at radius 3 is 2.83 bits per heavy atom. The zero-order chi connectivity index (χ0) is 16.9. The lowest BCUT2D eigenvalue weighted by Crippen LogP contribution is -3.14. The predicted octanol–water partition coefficient (Wildman–Crippen LogP) is 1.42. The van der Waals surface area contributed by atoms with E-state index in [-0.39, 0.29) is 5.91 Å². The summed E-state index contributed by atoms with van der Waals surface area (Å²) in [6.45, 7) is 4.55. The first kappa shape index (κ1) is 17.0. The highest BCUT2D eigenvalue weighted by Crippen LogP contribution is 2.31. The van der Waals surface area contributed by atoms with Gasteiger partial charge in [-0.2, -0.15) is 10.3 Å². The molecule has 1 saturated heterocycles. The van der Waals surface area contributed by atoms with E-state index in [2.05, 4.69) is 16.0 Å². The van der Waals surface area contributed by atoms with E-state index in [1.807, 2.05) is 24.3 Å². The number of halogens is 1. The fourth-order valence-corrected chi connectivity index (χ4v) is 3.91. The van der Waals surface area contributed by atoms with E-state index in [1.54, 1.807) is 6.08 Å². The Balaban J connectivity index is 1.62. The zero-order valence-corrected chi connectivity index (χ0v) is 14.7. The van der Waals surface area contributed by atoms with Gasteiger partial charge in [-0.3, -0.25) is 4.79 Å². The third-order valence-electron chi connectivity index (χ3n) is 4.13. The number of hydrogen-bond donors (Lipinski definition) is 1. The quantitative estimate of drug-likeness (QED) is 0.827. The number of benzene rings is 1. The molecule has 5 nitrogen and oxygen atoms in total. The Kier molecular flexibility index (Phi) is 5.56. The van der Waals surface area contributed by atoms with E-state index in [4.69, 9.17) is 16.9 Å². The van der Waals surface area contributed by atoms with Gasteiger partial charge in [-0.15, -0.1) is 0 Å². The van der Waals surface area contributed by atoms with Gasteiger partial charge in [0, 0.05) is 5.02 Å². The van der Waals surface area contributed by atoms with Gasteiger partial charge in [0.05, 0.1) is 50.1 Å². The number of aliphatic imine (C=N–C) groups is 1. The first-order chi connectivity index (χ1) is 11.7. The van der Waals surface area contributed by atoms with Crippen LogP contribution in [0.3, 0.4) is 0 Å². The van der Waals surface area contributed by atoms with Crippen LogP contribution < -0.4 is 4.90 Å². The number of carbonyl (C=O) groups excluding carboxylic acids is 1. The third-order valence-corrected chi connectivity index (χ3v) is 5.52. The summed E-state index contributed by atoms with van der Waals surface area (Å²) >= 11 is 7.57. The molecule has 1 amide bonds. The van der Waals surface area contributed by atoms with Gasteiger partial charge in [-0.1, -0.05) is 29.8 Å². The number of amidine groups is 1. The minimum absolute atomic E-state index is 0.200. The number of piperazine rings is 1. The van der Waals surface area contributed by atoms with Crippen molar-refractivity contribution in [1.82, 2.24) is 4.90 Å². The molecular formula is C17H18ClN4OS+. The maximum absolute atomic E-state index is 12.2. The molecule has 3 rings (SSSR count). The first-order valence-corrected chi connectivity index (χ1v) is 9.09. The number of rotatable bonds is 3. The lowest BCUT2D eigenvalue weighted by atomic mass is 10.2. The Labute approximate surface area is 150 Å². The van der Waals surface area contributed by atoms with Gasteiger partial charge in [0.25, 0.3) is 5.91 Å². The van der Waals surface area contributed by atoms with Crippen molar-refractivity contribution in [3.8, 4) is 6.07 Å². The lowest BCUT2D eigenvalue weighted by molar-refractivity contribution is -0.903. The second-order valence-electron chi connectivity index (χ2n) is 5.73. The highest BCUT2D eigenvalue weighted by Gasteiger charge is 2.29. The fraction of sp³-hybridized carbons (Fsp3) is 0.353. The van der Waals surface area contributed by atoms with Crippen molar-refractivity contribution < 1.29 is 9.69 Å². The van der Waals surface area contributed by atoms with Crippen molar-refractivity contribution in [3.05, 3.63) is 39.8 Å². The molecule has 0 aliphatic carbocycles. The molecule has 0 bridgehead atoms. The smallest absolute Gasteiger partial charge is 0.286 e. The number of thioether (sulfide) groups is 1. The van der Waals surface area contributed by atoms with Gasteiger partial charge < -0.3 is 9.80 Å². The number of nitriles is 1. The Hall–Kier alpha value is -1.81. The van der Waals surface area contributed by atoms with Gasteiger partial charge in [0.2, 0.25) is 0 Å². The molecule has 7 heteroatoms. The summed E-state index contributed by atoms with van der Waals surface area (Å²) in [4.78, 5) is 20.6. The standard InChI is InChI=1S/C17H17ClN4OS/c18-14-5-2-1-4-13(14)12-15-16(23)20-17(24-15)22-10-8-21(9-11-22)7-3-6-19/h1-2,4-5,12H,3,7-11H2/p+1/b15-12-. The van der Waals surface area contributed by atoms with Gasteiger partial charge in [0.1, 0.15) is 0 Å². The number of nitrogens with one attached hydrogen (secondary N) is 1. The molecule has 124 valence electrons. The first-order valence-electron chi connectivity index (χ1n) is 7.90. The molecule has 0 spiro atoms.